The SMILES string of the molecule is CCC=CCC=CCC=CCCCCCCCC(=O)O[C@H](CO)CO[C@@H]1O[C@H](CO)[C@H](O)[C@H](O)[C@H]1O. The molecule has 9 heteroatoms. The Bertz CT molecular complexity index is 647. The molecule has 1 aliphatic rings. The molecular formula is C27H46O9. The van der Waals surface area contributed by atoms with Crippen molar-refractivity contribution in [1.82, 2.24) is 0 Å². The maximum Gasteiger partial charge on any atom is 0.306 e. The fourth-order valence-corrected chi connectivity index (χ4v) is 3.66. The fourth-order valence-electron chi connectivity index (χ4n) is 3.66. The highest BCUT2D eigenvalue weighted by Gasteiger charge is 2.44. The monoisotopic (exact) mass is 514 g/mol. The van der Waals surface area contributed by atoms with Crippen LogP contribution in [-0.4, -0.2) is 88.1 Å². The standard InChI is InChI=1S/C27H46O9/c1-2-3-4-5-6-7-8-9-10-11-12-13-14-15-16-17-23(30)35-21(18-28)20-34-27-26(33)25(32)24(31)22(19-29)36-27/h3-4,6-7,9-10,21-22,24-29,31-33H,2,5,8,11-20H2,1H3/t21-,22-,24+,25+,26-,27-/m1/s1. The average molecular weight is 515 g/mol. The van der Waals surface area contributed by atoms with Crippen molar-refractivity contribution in [2.75, 3.05) is 19.8 Å². The predicted octanol–water partition coefficient (Wildman–Crippen LogP) is 2.30. The summed E-state index contributed by atoms with van der Waals surface area (Å²) < 4.78 is 15.8. The largest absolute Gasteiger partial charge is 0.457 e. The highest BCUT2D eigenvalue weighted by molar-refractivity contribution is 5.69. The molecule has 36 heavy (non-hydrogen) atoms. The van der Waals surface area contributed by atoms with Crippen LogP contribution in [0.3, 0.4) is 0 Å². The zero-order valence-corrected chi connectivity index (χ0v) is 21.5. The zero-order chi connectivity index (χ0) is 26.6. The summed E-state index contributed by atoms with van der Waals surface area (Å²) in [6.45, 7) is 0.796. The molecule has 0 aromatic rings. The van der Waals surface area contributed by atoms with Crippen LogP contribution in [0.25, 0.3) is 0 Å². The summed E-state index contributed by atoms with van der Waals surface area (Å²) in [5.74, 6) is -0.451. The van der Waals surface area contributed by atoms with Gasteiger partial charge in [0.15, 0.2) is 6.29 Å². The molecule has 0 aromatic carbocycles. The van der Waals surface area contributed by atoms with Crippen LogP contribution in [0.2, 0.25) is 0 Å². The van der Waals surface area contributed by atoms with Crippen molar-refractivity contribution in [3.05, 3.63) is 36.5 Å². The molecule has 1 aliphatic heterocycles. The Labute approximate surface area is 215 Å². The van der Waals surface area contributed by atoms with Crippen molar-refractivity contribution in [1.29, 1.82) is 0 Å². The van der Waals surface area contributed by atoms with Crippen LogP contribution in [0.1, 0.15) is 71.1 Å². The molecule has 208 valence electrons. The van der Waals surface area contributed by atoms with Gasteiger partial charge in [-0.15, -0.1) is 0 Å². The molecule has 1 saturated heterocycles. The van der Waals surface area contributed by atoms with Crippen molar-refractivity contribution in [3.63, 3.8) is 0 Å². The zero-order valence-electron chi connectivity index (χ0n) is 21.5. The second-order valence-electron chi connectivity index (χ2n) is 8.93. The van der Waals surface area contributed by atoms with Gasteiger partial charge in [0.25, 0.3) is 0 Å². The van der Waals surface area contributed by atoms with Crippen LogP contribution in [0.4, 0.5) is 0 Å². The lowest BCUT2D eigenvalue weighted by atomic mass is 9.99. The minimum atomic E-state index is -1.56. The number of esters is 1. The van der Waals surface area contributed by atoms with E-state index >= 15 is 0 Å². The molecule has 1 heterocycles. The molecule has 1 fully saturated rings. The molecule has 1 rings (SSSR count). The summed E-state index contributed by atoms with van der Waals surface area (Å²) in [4.78, 5) is 12.1. The van der Waals surface area contributed by atoms with Crippen molar-refractivity contribution in [3.8, 4) is 0 Å². The molecule has 0 aliphatic carbocycles. The number of carbonyl (C=O) groups excluding carboxylic acids is 1. The van der Waals surface area contributed by atoms with Gasteiger partial charge in [0.1, 0.15) is 30.5 Å². The van der Waals surface area contributed by atoms with E-state index in [9.17, 15) is 30.3 Å². The smallest absolute Gasteiger partial charge is 0.306 e. The molecule has 0 aromatic heterocycles. The maximum atomic E-state index is 12.1. The molecule has 6 atom stereocenters. The first-order valence-electron chi connectivity index (χ1n) is 13.1. The van der Waals surface area contributed by atoms with E-state index in [2.05, 4.69) is 43.4 Å². The van der Waals surface area contributed by atoms with Crippen LogP contribution in [0, 0.1) is 0 Å². The molecule has 0 bridgehead atoms. The van der Waals surface area contributed by atoms with Gasteiger partial charge in [0.05, 0.1) is 19.8 Å². The lowest BCUT2D eigenvalue weighted by Gasteiger charge is -2.39. The number of allylic oxidation sites excluding steroid dienone is 6. The molecule has 0 unspecified atom stereocenters. The van der Waals surface area contributed by atoms with E-state index in [0.29, 0.717) is 6.42 Å². The second-order valence-corrected chi connectivity index (χ2v) is 8.93. The van der Waals surface area contributed by atoms with Crippen LogP contribution >= 0.6 is 0 Å². The van der Waals surface area contributed by atoms with Crippen molar-refractivity contribution in [2.45, 2.75) is 108 Å². The van der Waals surface area contributed by atoms with E-state index in [1.807, 2.05) is 0 Å². The van der Waals surface area contributed by atoms with E-state index in [1.54, 1.807) is 0 Å². The first-order chi connectivity index (χ1) is 17.4. The van der Waals surface area contributed by atoms with Crippen molar-refractivity contribution in [2.24, 2.45) is 0 Å². The molecule has 0 spiro atoms. The summed E-state index contributed by atoms with van der Waals surface area (Å²) in [7, 11) is 0. The Morgan fingerprint density at radius 1 is 0.861 bits per heavy atom. The lowest BCUT2D eigenvalue weighted by molar-refractivity contribution is -0.305. The van der Waals surface area contributed by atoms with Gasteiger partial charge in [-0.1, -0.05) is 62.6 Å². The molecule has 0 amide bonds. The van der Waals surface area contributed by atoms with Gasteiger partial charge in [-0.05, 0) is 38.5 Å². The van der Waals surface area contributed by atoms with Gasteiger partial charge in [-0.3, -0.25) is 4.79 Å². The van der Waals surface area contributed by atoms with Crippen LogP contribution in [0.5, 0.6) is 0 Å². The summed E-state index contributed by atoms with van der Waals surface area (Å²) in [5.41, 5.74) is 0. The number of hydrogen-bond acceptors (Lipinski definition) is 9. The third-order valence-corrected chi connectivity index (χ3v) is 5.83. The third kappa shape index (κ3) is 13.6. The summed E-state index contributed by atoms with van der Waals surface area (Å²) in [5, 5.41) is 48.2. The van der Waals surface area contributed by atoms with E-state index in [0.717, 1.165) is 51.4 Å². The van der Waals surface area contributed by atoms with E-state index in [4.69, 9.17) is 14.2 Å². The van der Waals surface area contributed by atoms with E-state index in [-0.39, 0.29) is 13.0 Å². The van der Waals surface area contributed by atoms with Crippen LogP contribution in [0.15, 0.2) is 36.5 Å². The quantitative estimate of drug-likeness (QED) is 0.0995. The number of aliphatic hydroxyl groups excluding tert-OH is 5. The van der Waals surface area contributed by atoms with Crippen LogP contribution in [-0.2, 0) is 19.0 Å². The highest BCUT2D eigenvalue weighted by atomic mass is 16.7. The average Bonchev–Trinajstić information content (AvgIpc) is 2.88. The molecule has 0 radical (unpaired) electrons. The summed E-state index contributed by atoms with van der Waals surface area (Å²) >= 11 is 0. The maximum absolute atomic E-state index is 12.1. The Morgan fingerprint density at radius 2 is 1.50 bits per heavy atom. The van der Waals surface area contributed by atoms with Gasteiger partial charge in [-0.2, -0.15) is 0 Å². The molecular weight excluding hydrogens is 468 g/mol. The van der Waals surface area contributed by atoms with Gasteiger partial charge < -0.3 is 39.7 Å². The minimum Gasteiger partial charge on any atom is -0.457 e. The van der Waals surface area contributed by atoms with E-state index < -0.39 is 56.0 Å². The number of hydrogen-bond donors (Lipinski definition) is 5. The Balaban J connectivity index is 2.11. The first-order valence-corrected chi connectivity index (χ1v) is 13.1. The number of carbonyl (C=O) groups is 1. The van der Waals surface area contributed by atoms with Gasteiger partial charge >= 0.3 is 5.97 Å². The number of ether oxygens (including phenoxy) is 3. The van der Waals surface area contributed by atoms with Gasteiger partial charge in [0, 0.05) is 6.42 Å². The number of rotatable bonds is 19. The fraction of sp³-hybridized carbons (Fsp3) is 0.741. The van der Waals surface area contributed by atoms with E-state index in [1.165, 1.54) is 0 Å². The molecule has 9 nitrogen and oxygen atoms in total. The third-order valence-electron chi connectivity index (χ3n) is 5.83. The Morgan fingerprint density at radius 3 is 2.17 bits per heavy atom. The molecule has 0 saturated carbocycles. The molecule has 5 N–H and O–H groups in total. The second kappa shape index (κ2) is 20.5. The van der Waals surface area contributed by atoms with Gasteiger partial charge in [0.2, 0.25) is 0 Å². The van der Waals surface area contributed by atoms with Crippen LogP contribution < -0.4 is 0 Å². The summed E-state index contributed by atoms with van der Waals surface area (Å²) in [6.07, 6.45) is 14.3. The topological polar surface area (TPSA) is 146 Å². The highest BCUT2D eigenvalue weighted by Crippen LogP contribution is 2.22. The predicted molar refractivity (Wildman–Crippen MR) is 136 cm³/mol. The van der Waals surface area contributed by atoms with Crippen molar-refractivity contribution >= 4 is 5.97 Å². The number of unbranched alkanes of at least 4 members (excludes halogenated alkanes) is 5. The Kier molecular flexibility index (Phi) is 18.4. The van der Waals surface area contributed by atoms with Crippen molar-refractivity contribution < 1.29 is 44.5 Å². The number of aliphatic hydroxyl groups is 5. The summed E-state index contributed by atoms with van der Waals surface area (Å²) in [6, 6.07) is 0. The van der Waals surface area contributed by atoms with Gasteiger partial charge in [-0.25, -0.2) is 0 Å². The Hall–Kier alpha value is -1.59. The first kappa shape index (κ1) is 32.4. The normalized spacial score (nSPS) is 25.8. The lowest BCUT2D eigenvalue weighted by Crippen LogP contribution is -2.59. The minimum absolute atomic E-state index is 0.232.